The van der Waals surface area contributed by atoms with Crippen molar-refractivity contribution in [2.24, 2.45) is 0 Å². The lowest BCUT2D eigenvalue weighted by atomic mass is 10.1. The summed E-state index contributed by atoms with van der Waals surface area (Å²) in [6, 6.07) is 0.267. The molecule has 2 unspecified atom stereocenters. The summed E-state index contributed by atoms with van der Waals surface area (Å²) in [7, 11) is 0. The van der Waals surface area contributed by atoms with Crippen LogP contribution in [0.25, 0.3) is 0 Å². The Kier molecular flexibility index (Phi) is 3.64. The van der Waals surface area contributed by atoms with Crippen molar-refractivity contribution in [3.63, 3.8) is 0 Å². The maximum atomic E-state index is 11.5. The van der Waals surface area contributed by atoms with E-state index in [9.17, 15) is 9.90 Å². The molecule has 2 atom stereocenters. The Bertz CT molecular complexity index is 373. The van der Waals surface area contributed by atoms with Crippen molar-refractivity contribution >= 4 is 5.97 Å². The van der Waals surface area contributed by atoms with Crippen LogP contribution in [0.3, 0.4) is 0 Å². The van der Waals surface area contributed by atoms with Gasteiger partial charge in [0.05, 0.1) is 6.10 Å². The largest absolute Gasteiger partial charge is 0.458 e. The van der Waals surface area contributed by atoms with Gasteiger partial charge >= 0.3 is 5.97 Å². The Hall–Kier alpha value is -1.13. The summed E-state index contributed by atoms with van der Waals surface area (Å²) in [5.74, 6) is -0.259. The van der Waals surface area contributed by atoms with Gasteiger partial charge in [0.15, 0.2) is 0 Å². The quantitative estimate of drug-likeness (QED) is 0.449. The number of aliphatic hydroxyl groups excluding tert-OH is 1. The Morgan fingerprint density at radius 1 is 1.71 bits per heavy atom. The molecule has 0 saturated carbocycles. The summed E-state index contributed by atoms with van der Waals surface area (Å²) in [6.45, 7) is 5.50. The Morgan fingerprint density at radius 3 is 3.18 bits per heavy atom. The van der Waals surface area contributed by atoms with E-state index in [1.54, 1.807) is 13.0 Å². The number of nitrogens with zero attached hydrogens (tertiary/aromatic N) is 1. The van der Waals surface area contributed by atoms with Gasteiger partial charge in [-0.25, -0.2) is 4.79 Å². The lowest BCUT2D eigenvalue weighted by Gasteiger charge is -2.17. The molecule has 1 N–H and O–H groups in total. The number of aliphatic hydroxyl groups is 1. The molecule has 4 heteroatoms. The first kappa shape index (κ1) is 12.3. The lowest BCUT2D eigenvalue weighted by molar-refractivity contribution is -0.138. The number of fused-ring (bicyclic) bond motifs is 1. The second-order valence-corrected chi connectivity index (χ2v) is 4.69. The van der Waals surface area contributed by atoms with Crippen LogP contribution in [0.1, 0.15) is 20.3 Å². The molecular formula is C13H19NO3. The number of hydrogen-bond donors (Lipinski definition) is 1. The third-order valence-corrected chi connectivity index (χ3v) is 3.52. The van der Waals surface area contributed by atoms with Crippen molar-refractivity contribution in [2.75, 3.05) is 19.7 Å². The molecule has 0 radical (unpaired) electrons. The fourth-order valence-corrected chi connectivity index (χ4v) is 2.37. The van der Waals surface area contributed by atoms with Crippen molar-refractivity contribution in [1.29, 1.82) is 0 Å². The van der Waals surface area contributed by atoms with Crippen LogP contribution in [0.4, 0.5) is 0 Å². The second kappa shape index (κ2) is 5.02. The molecule has 2 rings (SSSR count). The molecule has 0 aliphatic carbocycles. The second-order valence-electron chi connectivity index (χ2n) is 4.69. The molecule has 17 heavy (non-hydrogen) atoms. The number of hydrogen-bond acceptors (Lipinski definition) is 4. The van der Waals surface area contributed by atoms with Gasteiger partial charge in [-0.05, 0) is 25.8 Å². The van der Waals surface area contributed by atoms with Crippen LogP contribution >= 0.6 is 0 Å². The van der Waals surface area contributed by atoms with E-state index in [0.29, 0.717) is 12.2 Å². The fourth-order valence-electron chi connectivity index (χ4n) is 2.37. The number of carbonyl (C=O) groups is 1. The number of allylic oxidation sites excluding steroid dienone is 1. The van der Waals surface area contributed by atoms with Gasteiger partial charge in [-0.1, -0.05) is 12.2 Å². The van der Waals surface area contributed by atoms with Gasteiger partial charge in [-0.15, -0.1) is 0 Å². The average Bonchev–Trinajstić information content (AvgIpc) is 2.84. The maximum absolute atomic E-state index is 11.5. The van der Waals surface area contributed by atoms with Crippen LogP contribution in [0.2, 0.25) is 0 Å². The topological polar surface area (TPSA) is 49.8 Å². The minimum atomic E-state index is -0.259. The predicted octanol–water partition coefficient (Wildman–Crippen LogP) is 0.871. The highest BCUT2D eigenvalue weighted by Crippen LogP contribution is 2.28. The van der Waals surface area contributed by atoms with Gasteiger partial charge in [0, 0.05) is 24.7 Å². The van der Waals surface area contributed by atoms with Crippen molar-refractivity contribution in [1.82, 2.24) is 4.90 Å². The molecule has 1 saturated heterocycles. The van der Waals surface area contributed by atoms with Gasteiger partial charge in [0.25, 0.3) is 0 Å². The highest BCUT2D eigenvalue weighted by Gasteiger charge is 2.36. The van der Waals surface area contributed by atoms with E-state index < -0.39 is 0 Å². The minimum Gasteiger partial charge on any atom is -0.458 e. The fraction of sp³-hybridized carbons (Fsp3) is 0.615. The summed E-state index contributed by atoms with van der Waals surface area (Å²) >= 11 is 0. The molecule has 0 aromatic heterocycles. The molecule has 94 valence electrons. The first-order valence-corrected chi connectivity index (χ1v) is 6.03. The van der Waals surface area contributed by atoms with Crippen molar-refractivity contribution in [2.45, 2.75) is 32.4 Å². The predicted molar refractivity (Wildman–Crippen MR) is 64.5 cm³/mol. The van der Waals surface area contributed by atoms with E-state index in [-0.39, 0.29) is 18.1 Å². The molecule has 0 spiro atoms. The third-order valence-electron chi connectivity index (χ3n) is 3.52. The van der Waals surface area contributed by atoms with Crippen LogP contribution in [-0.4, -0.2) is 47.8 Å². The zero-order valence-electron chi connectivity index (χ0n) is 10.3. The Labute approximate surface area is 102 Å². The zero-order valence-corrected chi connectivity index (χ0v) is 10.3. The van der Waals surface area contributed by atoms with Gasteiger partial charge in [-0.3, -0.25) is 4.90 Å². The van der Waals surface area contributed by atoms with Gasteiger partial charge in [0.2, 0.25) is 0 Å². The summed E-state index contributed by atoms with van der Waals surface area (Å²) < 4.78 is 5.24. The first-order valence-electron chi connectivity index (χ1n) is 6.03. The third kappa shape index (κ3) is 2.58. The summed E-state index contributed by atoms with van der Waals surface area (Å²) in [4.78, 5) is 13.7. The van der Waals surface area contributed by atoms with E-state index in [1.165, 1.54) is 0 Å². The van der Waals surface area contributed by atoms with Gasteiger partial charge in [0.1, 0.15) is 6.61 Å². The van der Waals surface area contributed by atoms with E-state index in [1.807, 2.05) is 6.92 Å². The number of rotatable bonds is 3. The molecular weight excluding hydrogens is 218 g/mol. The number of carbonyl (C=O) groups excluding carboxylic acids is 1. The van der Waals surface area contributed by atoms with Crippen LogP contribution < -0.4 is 0 Å². The molecule has 2 aliphatic rings. The molecule has 1 fully saturated rings. The smallest absolute Gasteiger partial charge is 0.333 e. The SMILES string of the molecule is CC=C(C)C(=O)OCC1=CCN2CC(O)CC12. The summed E-state index contributed by atoms with van der Waals surface area (Å²) in [5.41, 5.74) is 1.76. The van der Waals surface area contributed by atoms with Crippen LogP contribution in [0, 0.1) is 0 Å². The molecule has 2 aliphatic heterocycles. The van der Waals surface area contributed by atoms with E-state index in [4.69, 9.17) is 4.74 Å². The van der Waals surface area contributed by atoms with Crippen molar-refractivity contribution in [3.05, 3.63) is 23.3 Å². The van der Waals surface area contributed by atoms with Crippen molar-refractivity contribution < 1.29 is 14.6 Å². The lowest BCUT2D eigenvalue weighted by Crippen LogP contribution is -2.27. The standard InChI is InChI=1S/C13H19NO3/c1-3-9(2)13(16)17-8-10-4-5-14-7-11(15)6-12(10)14/h3-4,11-12,15H,5-8H2,1-2H3. The van der Waals surface area contributed by atoms with Gasteiger partial charge in [-0.2, -0.15) is 0 Å². The zero-order chi connectivity index (χ0) is 12.4. The molecule has 0 bridgehead atoms. The van der Waals surface area contributed by atoms with Crippen LogP contribution in [0.5, 0.6) is 0 Å². The highest BCUT2D eigenvalue weighted by molar-refractivity contribution is 5.87. The first-order chi connectivity index (χ1) is 8.11. The molecule has 0 amide bonds. The Morgan fingerprint density at radius 2 is 2.47 bits per heavy atom. The highest BCUT2D eigenvalue weighted by atomic mass is 16.5. The summed E-state index contributed by atoms with van der Waals surface area (Å²) in [5, 5.41) is 9.57. The summed E-state index contributed by atoms with van der Waals surface area (Å²) in [6.07, 6.45) is 4.37. The Balaban J connectivity index is 1.87. The van der Waals surface area contributed by atoms with E-state index in [0.717, 1.165) is 25.1 Å². The number of esters is 1. The van der Waals surface area contributed by atoms with E-state index in [2.05, 4.69) is 11.0 Å². The number of ether oxygens (including phenoxy) is 1. The average molecular weight is 237 g/mol. The van der Waals surface area contributed by atoms with E-state index >= 15 is 0 Å². The van der Waals surface area contributed by atoms with Crippen molar-refractivity contribution in [3.8, 4) is 0 Å². The molecule has 0 aromatic carbocycles. The normalized spacial score (nSPS) is 29.1. The molecule has 2 heterocycles. The monoisotopic (exact) mass is 237 g/mol. The molecule has 0 aromatic rings. The van der Waals surface area contributed by atoms with Crippen LogP contribution in [0.15, 0.2) is 23.3 Å². The minimum absolute atomic E-state index is 0.239. The van der Waals surface area contributed by atoms with Gasteiger partial charge < -0.3 is 9.84 Å². The maximum Gasteiger partial charge on any atom is 0.333 e. The molecule has 4 nitrogen and oxygen atoms in total. The van der Waals surface area contributed by atoms with Crippen LogP contribution in [-0.2, 0) is 9.53 Å².